The van der Waals surface area contributed by atoms with E-state index in [0.717, 1.165) is 51.6 Å². The standard InChI is InChI=1S/C12H10N6.C8H13N/c1-6-4-8(18-17-6)12-15-9-5-14-11-7(2-3-13-11)10(9)16-12;9-7-6-8-4-2-1-3-5-8/h2-5H,1H3,(H,13,14)(H,15,16)(H,17,18);8H,1-6H2. The predicted octanol–water partition coefficient (Wildman–Crippen LogP) is 4.62. The number of hydrogen-bond acceptors (Lipinski definition) is 4. The average molecular weight is 361 g/mol. The zero-order valence-electron chi connectivity index (χ0n) is 15.4. The fourth-order valence-corrected chi connectivity index (χ4v) is 3.65. The number of H-pyrrole nitrogens is 3. The largest absolute Gasteiger partial charge is 0.346 e. The third-order valence-corrected chi connectivity index (χ3v) is 5.09. The molecule has 0 unspecified atom stereocenters. The van der Waals surface area contributed by atoms with E-state index in [1.165, 1.54) is 32.1 Å². The van der Waals surface area contributed by atoms with Crippen LogP contribution in [-0.2, 0) is 0 Å². The molecule has 7 nitrogen and oxygen atoms in total. The Kier molecular flexibility index (Phi) is 4.88. The number of imidazole rings is 1. The molecule has 138 valence electrons. The van der Waals surface area contributed by atoms with Gasteiger partial charge in [-0.25, -0.2) is 9.97 Å². The molecule has 3 N–H and O–H groups in total. The van der Waals surface area contributed by atoms with Crippen LogP contribution >= 0.6 is 0 Å². The lowest BCUT2D eigenvalue weighted by atomic mass is 9.87. The molecule has 0 amide bonds. The molecular formula is C20H23N7. The van der Waals surface area contributed by atoms with Gasteiger partial charge < -0.3 is 9.97 Å². The van der Waals surface area contributed by atoms with Crippen LogP contribution in [0.3, 0.4) is 0 Å². The van der Waals surface area contributed by atoms with E-state index in [9.17, 15) is 0 Å². The molecule has 0 atom stereocenters. The summed E-state index contributed by atoms with van der Waals surface area (Å²) >= 11 is 0. The lowest BCUT2D eigenvalue weighted by Crippen LogP contribution is -2.04. The number of nitriles is 1. The van der Waals surface area contributed by atoms with Crippen LogP contribution in [0.1, 0.15) is 44.2 Å². The summed E-state index contributed by atoms with van der Waals surface area (Å²) in [5, 5.41) is 16.5. The summed E-state index contributed by atoms with van der Waals surface area (Å²) in [5.74, 6) is 1.49. The SMILES string of the molecule is Cc1cc(-c2nc3c(cnc4[nH]ccc43)[nH]2)n[nH]1.N#CCC1CCCCC1. The van der Waals surface area contributed by atoms with Crippen LogP contribution in [0.25, 0.3) is 33.6 Å². The molecule has 4 aromatic rings. The van der Waals surface area contributed by atoms with Crippen molar-refractivity contribution in [3.8, 4) is 17.6 Å². The monoisotopic (exact) mass is 361 g/mol. The minimum absolute atomic E-state index is 0.740. The van der Waals surface area contributed by atoms with Crippen LogP contribution < -0.4 is 0 Å². The van der Waals surface area contributed by atoms with Gasteiger partial charge in [-0.05, 0) is 37.8 Å². The molecule has 0 radical (unpaired) electrons. The van der Waals surface area contributed by atoms with Crippen LogP contribution in [0.4, 0.5) is 0 Å². The average Bonchev–Trinajstić information content (AvgIpc) is 3.41. The zero-order chi connectivity index (χ0) is 18.6. The smallest absolute Gasteiger partial charge is 0.159 e. The number of fused-ring (bicyclic) bond motifs is 3. The number of hydrogen-bond donors (Lipinski definition) is 3. The number of nitrogens with zero attached hydrogens (tertiary/aromatic N) is 4. The summed E-state index contributed by atoms with van der Waals surface area (Å²) in [6, 6.07) is 6.17. The molecule has 0 saturated heterocycles. The number of aromatic amines is 3. The van der Waals surface area contributed by atoms with E-state index in [-0.39, 0.29) is 0 Å². The molecule has 5 rings (SSSR count). The summed E-state index contributed by atoms with van der Waals surface area (Å²) in [6.07, 6.45) is 11.1. The second-order valence-corrected chi connectivity index (χ2v) is 7.15. The lowest BCUT2D eigenvalue weighted by Gasteiger charge is -2.17. The first-order chi connectivity index (χ1) is 13.2. The Bertz CT molecular complexity index is 1070. The lowest BCUT2D eigenvalue weighted by molar-refractivity contribution is 0.364. The van der Waals surface area contributed by atoms with Crippen molar-refractivity contribution >= 4 is 22.1 Å². The molecule has 1 saturated carbocycles. The van der Waals surface area contributed by atoms with Gasteiger partial charge in [0, 0.05) is 23.7 Å². The Morgan fingerprint density at radius 2 is 2.11 bits per heavy atom. The van der Waals surface area contributed by atoms with Gasteiger partial charge in [-0.3, -0.25) is 5.10 Å². The molecule has 0 aromatic carbocycles. The van der Waals surface area contributed by atoms with Crippen molar-refractivity contribution in [1.82, 2.24) is 30.1 Å². The van der Waals surface area contributed by atoms with Crippen molar-refractivity contribution in [2.24, 2.45) is 5.92 Å². The van der Waals surface area contributed by atoms with Crippen molar-refractivity contribution < 1.29 is 0 Å². The summed E-state index contributed by atoms with van der Waals surface area (Å²) in [7, 11) is 0. The van der Waals surface area contributed by atoms with Crippen molar-refractivity contribution in [3.05, 3.63) is 30.2 Å². The van der Waals surface area contributed by atoms with Crippen LogP contribution in [0.5, 0.6) is 0 Å². The first-order valence-electron chi connectivity index (χ1n) is 9.45. The topological polar surface area (TPSA) is 110 Å². The van der Waals surface area contributed by atoms with Gasteiger partial charge >= 0.3 is 0 Å². The van der Waals surface area contributed by atoms with Gasteiger partial charge in [0.05, 0.1) is 17.8 Å². The van der Waals surface area contributed by atoms with E-state index in [1.54, 1.807) is 6.20 Å². The van der Waals surface area contributed by atoms with Gasteiger partial charge in [0.25, 0.3) is 0 Å². The van der Waals surface area contributed by atoms with Gasteiger partial charge in [-0.15, -0.1) is 0 Å². The van der Waals surface area contributed by atoms with Gasteiger partial charge in [0.2, 0.25) is 0 Å². The van der Waals surface area contributed by atoms with E-state index in [0.29, 0.717) is 0 Å². The summed E-state index contributed by atoms with van der Waals surface area (Å²) in [5.41, 5.74) is 4.50. The number of pyridine rings is 1. The maximum absolute atomic E-state index is 8.37. The summed E-state index contributed by atoms with van der Waals surface area (Å²) < 4.78 is 0. The number of rotatable bonds is 2. The molecule has 0 bridgehead atoms. The fraction of sp³-hybridized carbons (Fsp3) is 0.400. The van der Waals surface area contributed by atoms with E-state index in [1.807, 2.05) is 25.3 Å². The highest BCUT2D eigenvalue weighted by molar-refractivity contribution is 6.01. The Labute approximate surface area is 157 Å². The van der Waals surface area contributed by atoms with Crippen LogP contribution in [0.15, 0.2) is 24.5 Å². The maximum Gasteiger partial charge on any atom is 0.159 e. The van der Waals surface area contributed by atoms with Crippen LogP contribution in [0, 0.1) is 24.2 Å². The first kappa shape index (κ1) is 17.3. The highest BCUT2D eigenvalue weighted by atomic mass is 15.1. The van der Waals surface area contributed by atoms with Crippen LogP contribution in [-0.4, -0.2) is 30.1 Å². The van der Waals surface area contributed by atoms with E-state index < -0.39 is 0 Å². The van der Waals surface area contributed by atoms with E-state index >= 15 is 0 Å². The number of aryl methyl sites for hydroxylation is 1. The normalized spacial score (nSPS) is 14.8. The van der Waals surface area contributed by atoms with Gasteiger partial charge in [0.1, 0.15) is 16.9 Å². The number of nitrogens with one attached hydrogen (secondary N) is 3. The zero-order valence-corrected chi connectivity index (χ0v) is 15.4. The van der Waals surface area contributed by atoms with Crippen molar-refractivity contribution in [2.75, 3.05) is 0 Å². The molecular weight excluding hydrogens is 338 g/mol. The molecule has 7 heteroatoms. The Balaban J connectivity index is 0.000000170. The molecule has 1 fully saturated rings. The second-order valence-electron chi connectivity index (χ2n) is 7.15. The van der Waals surface area contributed by atoms with Gasteiger partial charge in [0.15, 0.2) is 5.82 Å². The maximum atomic E-state index is 8.37. The number of aromatic nitrogens is 6. The third kappa shape index (κ3) is 3.70. The van der Waals surface area contributed by atoms with E-state index in [4.69, 9.17) is 5.26 Å². The third-order valence-electron chi connectivity index (χ3n) is 5.09. The molecule has 1 aliphatic rings. The highest BCUT2D eigenvalue weighted by Crippen LogP contribution is 2.26. The summed E-state index contributed by atoms with van der Waals surface area (Å²) in [6.45, 7) is 1.96. The van der Waals surface area contributed by atoms with Crippen LogP contribution in [0.2, 0.25) is 0 Å². The van der Waals surface area contributed by atoms with Crippen molar-refractivity contribution in [3.63, 3.8) is 0 Å². The minimum Gasteiger partial charge on any atom is -0.346 e. The molecule has 27 heavy (non-hydrogen) atoms. The van der Waals surface area contributed by atoms with Crippen molar-refractivity contribution in [1.29, 1.82) is 5.26 Å². The molecule has 4 aromatic heterocycles. The molecule has 0 aliphatic heterocycles. The quantitative estimate of drug-likeness (QED) is 0.484. The van der Waals surface area contributed by atoms with Crippen molar-refractivity contribution in [2.45, 2.75) is 45.4 Å². The highest BCUT2D eigenvalue weighted by Gasteiger charge is 2.12. The Morgan fingerprint density at radius 3 is 2.85 bits per heavy atom. The Hall–Kier alpha value is -3.14. The van der Waals surface area contributed by atoms with Gasteiger partial charge in [-0.2, -0.15) is 10.4 Å². The second kappa shape index (κ2) is 7.62. The molecule has 1 aliphatic carbocycles. The minimum atomic E-state index is 0.740. The molecule has 0 spiro atoms. The first-order valence-corrected chi connectivity index (χ1v) is 9.45. The Morgan fingerprint density at radius 1 is 1.26 bits per heavy atom. The fourth-order valence-electron chi connectivity index (χ4n) is 3.65. The van der Waals surface area contributed by atoms with E-state index in [2.05, 4.69) is 36.2 Å². The summed E-state index contributed by atoms with van der Waals surface area (Å²) in [4.78, 5) is 15.2. The molecule has 4 heterocycles. The predicted molar refractivity (Wildman–Crippen MR) is 105 cm³/mol. The van der Waals surface area contributed by atoms with Gasteiger partial charge in [-0.1, -0.05) is 19.3 Å².